The Balaban J connectivity index is 1.65. The fourth-order valence-corrected chi connectivity index (χ4v) is 2.63. The molecule has 122 valence electrons. The largest absolute Gasteiger partial charge is 0.496 e. The van der Waals surface area contributed by atoms with E-state index in [1.54, 1.807) is 25.3 Å². The first-order chi connectivity index (χ1) is 11.7. The molecular formula is C17H14BrN3O3. The van der Waals surface area contributed by atoms with Crippen molar-refractivity contribution in [3.05, 3.63) is 64.5 Å². The van der Waals surface area contributed by atoms with Crippen LogP contribution in [0.5, 0.6) is 5.75 Å². The Morgan fingerprint density at radius 1 is 1.21 bits per heavy atom. The van der Waals surface area contributed by atoms with Crippen molar-refractivity contribution in [1.82, 2.24) is 15.5 Å². The van der Waals surface area contributed by atoms with Crippen LogP contribution in [0.25, 0.3) is 11.5 Å². The Morgan fingerprint density at radius 2 is 2.00 bits per heavy atom. The molecule has 1 amide bonds. The fraction of sp³-hybridized carbons (Fsp3) is 0.118. The minimum absolute atomic E-state index is 0.155. The number of nitrogens with zero attached hydrogens (tertiary/aromatic N) is 2. The van der Waals surface area contributed by atoms with Crippen LogP contribution in [0.15, 0.2) is 57.4 Å². The summed E-state index contributed by atoms with van der Waals surface area (Å²) in [5.74, 6) is 1.19. The molecule has 0 radical (unpaired) electrons. The number of carbonyl (C=O) groups is 1. The predicted molar refractivity (Wildman–Crippen MR) is 91.6 cm³/mol. The SMILES string of the molecule is COc1ccc(C(=O)NCc2nnc(-c3ccccc3)o2)cc1Br. The lowest BCUT2D eigenvalue weighted by atomic mass is 10.2. The van der Waals surface area contributed by atoms with E-state index in [0.29, 0.717) is 27.6 Å². The van der Waals surface area contributed by atoms with Gasteiger partial charge in [0.1, 0.15) is 5.75 Å². The molecule has 0 fully saturated rings. The van der Waals surface area contributed by atoms with Crippen LogP contribution in [0.1, 0.15) is 16.2 Å². The van der Waals surface area contributed by atoms with Crippen LogP contribution in [0.3, 0.4) is 0 Å². The average Bonchev–Trinajstić information content (AvgIpc) is 3.09. The van der Waals surface area contributed by atoms with Crippen LogP contribution in [0.2, 0.25) is 0 Å². The molecule has 0 aliphatic rings. The van der Waals surface area contributed by atoms with Crippen molar-refractivity contribution in [3.63, 3.8) is 0 Å². The molecule has 1 heterocycles. The van der Waals surface area contributed by atoms with E-state index in [2.05, 4.69) is 31.4 Å². The van der Waals surface area contributed by atoms with E-state index in [9.17, 15) is 4.79 Å². The van der Waals surface area contributed by atoms with E-state index >= 15 is 0 Å². The molecule has 0 aliphatic carbocycles. The summed E-state index contributed by atoms with van der Waals surface area (Å²) in [5.41, 5.74) is 1.34. The highest BCUT2D eigenvalue weighted by Crippen LogP contribution is 2.25. The summed E-state index contributed by atoms with van der Waals surface area (Å²) < 4.78 is 11.4. The van der Waals surface area contributed by atoms with Gasteiger partial charge in [0.05, 0.1) is 18.1 Å². The Morgan fingerprint density at radius 3 is 2.71 bits per heavy atom. The van der Waals surface area contributed by atoms with E-state index in [1.165, 1.54) is 0 Å². The minimum atomic E-state index is -0.238. The number of amides is 1. The highest BCUT2D eigenvalue weighted by atomic mass is 79.9. The minimum Gasteiger partial charge on any atom is -0.496 e. The zero-order chi connectivity index (χ0) is 16.9. The monoisotopic (exact) mass is 387 g/mol. The van der Waals surface area contributed by atoms with Crippen molar-refractivity contribution in [2.45, 2.75) is 6.54 Å². The van der Waals surface area contributed by atoms with Crippen molar-refractivity contribution >= 4 is 21.8 Å². The molecule has 0 spiro atoms. The van der Waals surface area contributed by atoms with Crippen molar-refractivity contribution in [1.29, 1.82) is 0 Å². The van der Waals surface area contributed by atoms with E-state index in [1.807, 2.05) is 30.3 Å². The Kier molecular flexibility index (Phi) is 4.90. The highest BCUT2D eigenvalue weighted by molar-refractivity contribution is 9.10. The molecule has 0 saturated heterocycles. The first-order valence-electron chi connectivity index (χ1n) is 7.17. The van der Waals surface area contributed by atoms with Gasteiger partial charge in [0.25, 0.3) is 5.91 Å². The summed E-state index contributed by atoms with van der Waals surface area (Å²) in [4.78, 5) is 12.2. The summed E-state index contributed by atoms with van der Waals surface area (Å²) in [6.45, 7) is 0.155. The molecule has 2 aromatic carbocycles. The van der Waals surface area contributed by atoms with Gasteiger partial charge in [-0.05, 0) is 46.3 Å². The van der Waals surface area contributed by atoms with Crippen molar-refractivity contribution < 1.29 is 13.9 Å². The Bertz CT molecular complexity index is 849. The van der Waals surface area contributed by atoms with E-state index < -0.39 is 0 Å². The number of hydrogen-bond donors (Lipinski definition) is 1. The maximum atomic E-state index is 12.2. The molecule has 3 aromatic rings. The number of carbonyl (C=O) groups excluding carboxylic acids is 1. The van der Waals surface area contributed by atoms with Gasteiger partial charge in [-0.3, -0.25) is 4.79 Å². The Hall–Kier alpha value is -2.67. The lowest BCUT2D eigenvalue weighted by Crippen LogP contribution is -2.22. The van der Waals surface area contributed by atoms with Gasteiger partial charge in [-0.25, -0.2) is 0 Å². The van der Waals surface area contributed by atoms with Crippen molar-refractivity contribution in [3.8, 4) is 17.2 Å². The molecule has 3 rings (SSSR count). The van der Waals surface area contributed by atoms with Crippen LogP contribution in [-0.4, -0.2) is 23.2 Å². The standard InChI is InChI=1S/C17H14BrN3O3/c1-23-14-8-7-12(9-13(14)18)16(22)19-10-15-20-21-17(24-15)11-5-3-2-4-6-11/h2-9H,10H2,1H3,(H,19,22). The van der Waals surface area contributed by atoms with Crippen molar-refractivity contribution in [2.24, 2.45) is 0 Å². The van der Waals surface area contributed by atoms with Gasteiger partial charge in [0.2, 0.25) is 11.8 Å². The number of hydrogen-bond acceptors (Lipinski definition) is 5. The van der Waals surface area contributed by atoms with E-state index in [0.717, 1.165) is 5.56 Å². The number of rotatable bonds is 5. The topological polar surface area (TPSA) is 77.2 Å². The number of ether oxygens (including phenoxy) is 1. The first kappa shape index (κ1) is 16.2. The number of methoxy groups -OCH3 is 1. The summed E-state index contributed by atoms with van der Waals surface area (Å²) in [5, 5.41) is 10.7. The van der Waals surface area contributed by atoms with Crippen LogP contribution < -0.4 is 10.1 Å². The molecule has 1 N–H and O–H groups in total. The van der Waals surface area contributed by atoms with Crippen molar-refractivity contribution in [2.75, 3.05) is 7.11 Å². The fourth-order valence-electron chi connectivity index (χ4n) is 2.09. The molecule has 0 saturated carbocycles. The van der Waals surface area contributed by atoms with Gasteiger partial charge < -0.3 is 14.5 Å². The summed E-state index contributed by atoms with van der Waals surface area (Å²) in [6.07, 6.45) is 0. The van der Waals surface area contributed by atoms with Crippen LogP contribution in [0.4, 0.5) is 0 Å². The predicted octanol–water partition coefficient (Wildman–Crippen LogP) is 3.44. The molecule has 0 atom stereocenters. The number of halogens is 1. The second-order valence-corrected chi connectivity index (χ2v) is 5.75. The van der Waals surface area contributed by atoms with Gasteiger partial charge in [-0.15, -0.1) is 10.2 Å². The molecule has 6 nitrogen and oxygen atoms in total. The lowest BCUT2D eigenvalue weighted by Gasteiger charge is -2.06. The third kappa shape index (κ3) is 3.62. The third-order valence-corrected chi connectivity index (χ3v) is 3.92. The lowest BCUT2D eigenvalue weighted by molar-refractivity contribution is 0.0947. The first-order valence-corrected chi connectivity index (χ1v) is 7.96. The zero-order valence-corrected chi connectivity index (χ0v) is 14.4. The summed E-state index contributed by atoms with van der Waals surface area (Å²) >= 11 is 3.35. The van der Waals surface area contributed by atoms with Crippen LogP contribution in [0, 0.1) is 0 Å². The molecule has 0 bridgehead atoms. The van der Waals surface area contributed by atoms with E-state index in [-0.39, 0.29) is 12.5 Å². The molecular weight excluding hydrogens is 374 g/mol. The maximum absolute atomic E-state index is 12.2. The van der Waals surface area contributed by atoms with Crippen LogP contribution in [-0.2, 0) is 6.54 Å². The maximum Gasteiger partial charge on any atom is 0.251 e. The quantitative estimate of drug-likeness (QED) is 0.725. The molecule has 0 aliphatic heterocycles. The number of aromatic nitrogens is 2. The molecule has 24 heavy (non-hydrogen) atoms. The van der Waals surface area contributed by atoms with Gasteiger partial charge in [0.15, 0.2) is 0 Å². The second kappa shape index (κ2) is 7.27. The normalized spacial score (nSPS) is 10.4. The van der Waals surface area contributed by atoms with Gasteiger partial charge in [-0.1, -0.05) is 18.2 Å². The summed E-state index contributed by atoms with van der Waals surface area (Å²) in [7, 11) is 1.57. The van der Waals surface area contributed by atoms with Crippen LogP contribution >= 0.6 is 15.9 Å². The zero-order valence-electron chi connectivity index (χ0n) is 12.8. The molecule has 1 aromatic heterocycles. The summed E-state index contributed by atoms with van der Waals surface area (Å²) in [6, 6.07) is 14.5. The molecule has 0 unspecified atom stereocenters. The molecule has 7 heteroatoms. The highest BCUT2D eigenvalue weighted by Gasteiger charge is 2.12. The van der Waals surface area contributed by atoms with E-state index in [4.69, 9.17) is 9.15 Å². The van der Waals surface area contributed by atoms with Gasteiger partial charge >= 0.3 is 0 Å². The average molecular weight is 388 g/mol. The van der Waals surface area contributed by atoms with Gasteiger partial charge in [0, 0.05) is 11.1 Å². The third-order valence-electron chi connectivity index (χ3n) is 3.30. The second-order valence-electron chi connectivity index (χ2n) is 4.90. The number of benzene rings is 2. The Labute approximate surface area is 147 Å². The smallest absolute Gasteiger partial charge is 0.251 e. The van der Waals surface area contributed by atoms with Gasteiger partial charge in [-0.2, -0.15) is 0 Å². The number of nitrogens with one attached hydrogen (secondary N) is 1.